The molecule has 0 heterocycles. The molecule has 0 saturated heterocycles. The summed E-state index contributed by atoms with van der Waals surface area (Å²) in [6, 6.07) is -0.559. The maximum Gasteiger partial charge on any atom is 0.0894 e. The van der Waals surface area contributed by atoms with Crippen molar-refractivity contribution < 1.29 is 10.2 Å². The maximum atomic E-state index is 9.59. The van der Waals surface area contributed by atoms with E-state index in [0.717, 1.165) is 6.42 Å². The second kappa shape index (κ2) is 21.9. The average Bonchev–Trinajstić information content (AvgIpc) is 2.68. The molecule has 0 aliphatic rings. The second-order valence-electron chi connectivity index (χ2n) is 8.21. The predicted octanol–water partition coefficient (Wildman–Crippen LogP) is 6.26. The van der Waals surface area contributed by atoms with E-state index in [4.69, 9.17) is 10.8 Å². The van der Waals surface area contributed by atoms with E-state index in [0.29, 0.717) is 0 Å². The standard InChI is InChI=1S/C24H49NO2/c1-2-3-4-5-6-7-8-9-10-11-12-13-14-15-16-17-18-19-20-21-24(27)23(25)22-26/h20-21,23-24,26-27H,2-19,22,25H2,1H3/b21-20+/t23-,24+/m0/s1. The van der Waals surface area contributed by atoms with Gasteiger partial charge in [0.05, 0.1) is 18.8 Å². The van der Waals surface area contributed by atoms with Gasteiger partial charge in [-0.2, -0.15) is 0 Å². The van der Waals surface area contributed by atoms with Crippen LogP contribution in [0.2, 0.25) is 0 Å². The molecule has 0 saturated carbocycles. The number of unbranched alkanes of at least 4 members (excludes halogenated alkanes) is 17. The highest BCUT2D eigenvalue weighted by Gasteiger charge is 2.08. The van der Waals surface area contributed by atoms with E-state index in [-0.39, 0.29) is 6.61 Å². The van der Waals surface area contributed by atoms with Crippen molar-refractivity contribution in [3.63, 3.8) is 0 Å². The van der Waals surface area contributed by atoms with E-state index in [1.807, 2.05) is 6.08 Å². The van der Waals surface area contributed by atoms with Gasteiger partial charge in [0.25, 0.3) is 0 Å². The molecule has 3 nitrogen and oxygen atoms in total. The molecule has 0 aliphatic carbocycles. The van der Waals surface area contributed by atoms with Crippen LogP contribution in [-0.2, 0) is 0 Å². The molecule has 2 atom stereocenters. The minimum absolute atomic E-state index is 0.176. The summed E-state index contributed by atoms with van der Waals surface area (Å²) < 4.78 is 0. The fourth-order valence-electron chi connectivity index (χ4n) is 3.47. The summed E-state index contributed by atoms with van der Waals surface area (Å²) in [5.74, 6) is 0. The molecule has 0 spiro atoms. The SMILES string of the molecule is CCCCCCCCCCCCCCCCCCC/C=C/[C@@H](O)[C@@H](N)CO. The summed E-state index contributed by atoms with van der Waals surface area (Å²) in [4.78, 5) is 0. The van der Waals surface area contributed by atoms with Gasteiger partial charge in [0.15, 0.2) is 0 Å². The summed E-state index contributed by atoms with van der Waals surface area (Å²) in [6.45, 7) is 2.11. The second-order valence-corrected chi connectivity index (χ2v) is 8.21. The Morgan fingerprint density at radius 1 is 0.667 bits per heavy atom. The van der Waals surface area contributed by atoms with Gasteiger partial charge in [-0.1, -0.05) is 122 Å². The van der Waals surface area contributed by atoms with Crippen LogP contribution < -0.4 is 5.73 Å². The number of hydrogen-bond acceptors (Lipinski definition) is 3. The van der Waals surface area contributed by atoms with Crippen molar-refractivity contribution in [2.24, 2.45) is 5.73 Å². The van der Waals surface area contributed by atoms with Gasteiger partial charge in [-0.15, -0.1) is 0 Å². The lowest BCUT2D eigenvalue weighted by Crippen LogP contribution is -2.36. The molecule has 0 amide bonds. The fourth-order valence-corrected chi connectivity index (χ4v) is 3.47. The Bertz CT molecular complexity index is 307. The van der Waals surface area contributed by atoms with Crippen molar-refractivity contribution in [2.45, 2.75) is 135 Å². The lowest BCUT2D eigenvalue weighted by molar-refractivity contribution is 0.144. The maximum absolute atomic E-state index is 9.59. The van der Waals surface area contributed by atoms with Gasteiger partial charge in [-0.3, -0.25) is 0 Å². The topological polar surface area (TPSA) is 66.5 Å². The van der Waals surface area contributed by atoms with Crippen LogP contribution in [0.15, 0.2) is 12.2 Å². The Morgan fingerprint density at radius 2 is 1.04 bits per heavy atom. The molecule has 3 heteroatoms. The van der Waals surface area contributed by atoms with E-state index in [2.05, 4.69) is 6.92 Å². The molecule has 0 aromatic carbocycles. The van der Waals surface area contributed by atoms with E-state index >= 15 is 0 Å². The lowest BCUT2D eigenvalue weighted by Gasteiger charge is -2.11. The molecule has 162 valence electrons. The third-order valence-electron chi connectivity index (χ3n) is 5.46. The Balaban J connectivity index is 3.14. The molecule has 0 aliphatic heterocycles. The van der Waals surface area contributed by atoms with Gasteiger partial charge >= 0.3 is 0 Å². The van der Waals surface area contributed by atoms with Crippen LogP contribution in [0, 0.1) is 0 Å². The Morgan fingerprint density at radius 3 is 1.41 bits per heavy atom. The highest BCUT2D eigenvalue weighted by molar-refractivity contribution is 4.93. The molecule has 0 aromatic heterocycles. The molecule has 0 unspecified atom stereocenters. The Kier molecular flexibility index (Phi) is 21.6. The van der Waals surface area contributed by atoms with Crippen molar-refractivity contribution in [3.8, 4) is 0 Å². The first-order chi connectivity index (χ1) is 13.2. The quantitative estimate of drug-likeness (QED) is 0.162. The van der Waals surface area contributed by atoms with Crippen LogP contribution in [0.25, 0.3) is 0 Å². The summed E-state index contributed by atoms with van der Waals surface area (Å²) >= 11 is 0. The van der Waals surface area contributed by atoms with Gasteiger partial charge in [-0.05, 0) is 12.8 Å². The lowest BCUT2D eigenvalue weighted by atomic mass is 10.0. The molecular formula is C24H49NO2. The highest BCUT2D eigenvalue weighted by atomic mass is 16.3. The van der Waals surface area contributed by atoms with E-state index in [1.165, 1.54) is 109 Å². The molecule has 0 fully saturated rings. The largest absolute Gasteiger partial charge is 0.395 e. The van der Waals surface area contributed by atoms with Gasteiger partial charge in [0.1, 0.15) is 0 Å². The first-order valence-electron chi connectivity index (χ1n) is 11.9. The van der Waals surface area contributed by atoms with Crippen molar-refractivity contribution in [2.75, 3.05) is 6.61 Å². The van der Waals surface area contributed by atoms with Crippen LogP contribution in [0.1, 0.15) is 122 Å². The highest BCUT2D eigenvalue weighted by Crippen LogP contribution is 2.14. The molecular weight excluding hydrogens is 334 g/mol. The summed E-state index contributed by atoms with van der Waals surface area (Å²) in [5, 5.41) is 18.4. The van der Waals surface area contributed by atoms with Crippen molar-refractivity contribution in [1.29, 1.82) is 0 Å². The third-order valence-corrected chi connectivity index (χ3v) is 5.46. The zero-order chi connectivity index (χ0) is 20.0. The van der Waals surface area contributed by atoms with Crippen LogP contribution >= 0.6 is 0 Å². The fraction of sp³-hybridized carbons (Fsp3) is 0.917. The van der Waals surface area contributed by atoms with Crippen LogP contribution in [0.4, 0.5) is 0 Å². The van der Waals surface area contributed by atoms with Gasteiger partial charge in [0, 0.05) is 0 Å². The molecule has 0 radical (unpaired) electrons. The monoisotopic (exact) mass is 383 g/mol. The molecule has 0 rings (SSSR count). The van der Waals surface area contributed by atoms with Gasteiger partial charge in [0.2, 0.25) is 0 Å². The van der Waals surface area contributed by atoms with Crippen molar-refractivity contribution in [1.82, 2.24) is 0 Å². The van der Waals surface area contributed by atoms with E-state index in [1.54, 1.807) is 6.08 Å². The number of hydrogen-bond donors (Lipinski definition) is 3. The molecule has 0 aromatic rings. The third kappa shape index (κ3) is 20.2. The predicted molar refractivity (Wildman–Crippen MR) is 119 cm³/mol. The van der Waals surface area contributed by atoms with Crippen molar-refractivity contribution in [3.05, 3.63) is 12.2 Å². The minimum atomic E-state index is -0.721. The minimum Gasteiger partial charge on any atom is -0.395 e. The van der Waals surface area contributed by atoms with Gasteiger partial charge < -0.3 is 15.9 Å². The number of nitrogens with two attached hydrogens (primary N) is 1. The number of allylic oxidation sites excluding steroid dienone is 1. The first-order valence-corrected chi connectivity index (χ1v) is 11.9. The van der Waals surface area contributed by atoms with Gasteiger partial charge in [-0.25, -0.2) is 0 Å². The summed E-state index contributed by atoms with van der Waals surface area (Å²) in [7, 11) is 0. The zero-order valence-electron chi connectivity index (χ0n) is 18.2. The first kappa shape index (κ1) is 26.6. The van der Waals surface area contributed by atoms with E-state index < -0.39 is 12.1 Å². The number of aliphatic hydroxyl groups excluding tert-OH is 2. The zero-order valence-corrected chi connectivity index (χ0v) is 18.2. The van der Waals surface area contributed by atoms with E-state index in [9.17, 15) is 5.11 Å². The van der Waals surface area contributed by atoms with Crippen LogP contribution in [0.5, 0.6) is 0 Å². The number of rotatable bonds is 21. The Hall–Kier alpha value is -0.380. The molecule has 27 heavy (non-hydrogen) atoms. The molecule has 4 N–H and O–H groups in total. The van der Waals surface area contributed by atoms with Crippen molar-refractivity contribution >= 4 is 0 Å². The normalized spacial score (nSPS) is 14.1. The number of aliphatic hydroxyl groups is 2. The van der Waals surface area contributed by atoms with Crippen LogP contribution in [-0.4, -0.2) is 29.0 Å². The van der Waals surface area contributed by atoms with Crippen LogP contribution in [0.3, 0.4) is 0 Å². The average molecular weight is 384 g/mol. The Labute approximate surface area is 169 Å². The summed E-state index contributed by atoms with van der Waals surface area (Å²) in [6.07, 6.45) is 27.6. The summed E-state index contributed by atoms with van der Waals surface area (Å²) in [5.41, 5.74) is 5.55. The molecule has 0 bridgehead atoms. The smallest absolute Gasteiger partial charge is 0.0894 e.